The van der Waals surface area contributed by atoms with E-state index in [0.29, 0.717) is 18.0 Å². The number of nitrogens with zero attached hydrogens (tertiary/aromatic N) is 1. The number of carbonyl (C=O) groups excluding carboxylic acids is 2. The maximum atomic E-state index is 12.4. The molecule has 1 aliphatic rings. The van der Waals surface area contributed by atoms with Crippen LogP contribution in [0.2, 0.25) is 5.02 Å². The minimum atomic E-state index is -0.630. The molecule has 0 radical (unpaired) electrons. The van der Waals surface area contributed by atoms with E-state index in [1.54, 1.807) is 17.0 Å². The van der Waals surface area contributed by atoms with Crippen LogP contribution in [0.4, 0.5) is 0 Å². The van der Waals surface area contributed by atoms with Gasteiger partial charge >= 0.3 is 0 Å². The van der Waals surface area contributed by atoms with Crippen LogP contribution < -0.4 is 0 Å². The van der Waals surface area contributed by atoms with E-state index in [2.05, 4.69) is 0 Å². The van der Waals surface area contributed by atoms with E-state index in [9.17, 15) is 9.59 Å². The van der Waals surface area contributed by atoms with E-state index in [1.165, 1.54) is 0 Å². The molecule has 96 valence electrons. The van der Waals surface area contributed by atoms with E-state index in [1.807, 2.05) is 26.0 Å². The Morgan fingerprint density at radius 1 is 1.28 bits per heavy atom. The molecule has 0 bridgehead atoms. The topological polar surface area (TPSA) is 37.4 Å². The summed E-state index contributed by atoms with van der Waals surface area (Å²) in [6.07, 6.45) is 0.475. The minimum absolute atomic E-state index is 0.00401. The standard InChI is InChI=1S/C14H16ClNO2/c1-14(2,10-3-5-11(15)6-4-10)13(18)16-8-7-12(17)9-16/h3-6H,7-9H2,1-2H3. The van der Waals surface area contributed by atoms with Gasteiger partial charge in [-0.3, -0.25) is 9.59 Å². The predicted molar refractivity (Wildman–Crippen MR) is 70.7 cm³/mol. The number of halogens is 1. The molecule has 4 heteroatoms. The quantitative estimate of drug-likeness (QED) is 0.824. The summed E-state index contributed by atoms with van der Waals surface area (Å²) >= 11 is 5.85. The smallest absolute Gasteiger partial charge is 0.233 e. The van der Waals surface area contributed by atoms with Gasteiger partial charge in [0.05, 0.1) is 12.0 Å². The number of hydrogen-bond donors (Lipinski definition) is 0. The fourth-order valence-corrected chi connectivity index (χ4v) is 2.32. The van der Waals surface area contributed by atoms with Gasteiger partial charge in [0.2, 0.25) is 5.91 Å². The van der Waals surface area contributed by atoms with Gasteiger partial charge in [-0.25, -0.2) is 0 Å². The van der Waals surface area contributed by atoms with E-state index in [0.717, 1.165) is 5.56 Å². The van der Waals surface area contributed by atoms with Crippen LogP contribution in [-0.2, 0) is 15.0 Å². The molecule has 3 nitrogen and oxygen atoms in total. The number of amides is 1. The third-order valence-electron chi connectivity index (χ3n) is 3.42. The van der Waals surface area contributed by atoms with Crippen LogP contribution in [-0.4, -0.2) is 29.7 Å². The van der Waals surface area contributed by atoms with Gasteiger partial charge in [-0.05, 0) is 31.5 Å². The molecule has 0 saturated carbocycles. The van der Waals surface area contributed by atoms with Crippen LogP contribution in [0.1, 0.15) is 25.8 Å². The Morgan fingerprint density at radius 2 is 1.89 bits per heavy atom. The fraction of sp³-hybridized carbons (Fsp3) is 0.429. The summed E-state index contributed by atoms with van der Waals surface area (Å²) in [7, 11) is 0. The molecular formula is C14H16ClNO2. The van der Waals surface area contributed by atoms with Crippen molar-refractivity contribution in [3.63, 3.8) is 0 Å². The molecule has 0 aliphatic carbocycles. The lowest BCUT2D eigenvalue weighted by molar-refractivity contribution is -0.136. The van der Waals surface area contributed by atoms with E-state index >= 15 is 0 Å². The van der Waals surface area contributed by atoms with Crippen LogP contribution in [0.3, 0.4) is 0 Å². The van der Waals surface area contributed by atoms with Crippen molar-refractivity contribution in [2.75, 3.05) is 13.1 Å². The van der Waals surface area contributed by atoms with Gasteiger partial charge < -0.3 is 4.90 Å². The molecule has 1 heterocycles. The van der Waals surface area contributed by atoms with Crippen molar-refractivity contribution in [2.24, 2.45) is 0 Å². The molecule has 1 saturated heterocycles. The number of rotatable bonds is 2. The summed E-state index contributed by atoms with van der Waals surface area (Å²) in [5.74, 6) is 0.130. The fourth-order valence-electron chi connectivity index (χ4n) is 2.19. The van der Waals surface area contributed by atoms with Crippen molar-refractivity contribution < 1.29 is 9.59 Å². The number of likely N-dealkylation sites (tertiary alicyclic amines) is 1. The lowest BCUT2D eigenvalue weighted by Crippen LogP contribution is -2.42. The maximum absolute atomic E-state index is 12.4. The van der Waals surface area contributed by atoms with Crippen LogP contribution in [0, 0.1) is 0 Å². The molecule has 1 aromatic carbocycles. The molecule has 1 aromatic rings. The molecule has 0 aromatic heterocycles. The molecule has 0 N–H and O–H groups in total. The zero-order chi connectivity index (χ0) is 13.3. The van der Waals surface area contributed by atoms with Crippen molar-refractivity contribution in [1.29, 1.82) is 0 Å². The first-order valence-corrected chi connectivity index (χ1v) is 6.36. The van der Waals surface area contributed by atoms with Crippen LogP contribution in [0.5, 0.6) is 0 Å². The molecule has 18 heavy (non-hydrogen) atoms. The van der Waals surface area contributed by atoms with Gasteiger partial charge in [-0.1, -0.05) is 23.7 Å². The molecule has 0 unspecified atom stereocenters. The van der Waals surface area contributed by atoms with Gasteiger partial charge in [0, 0.05) is 18.0 Å². The Labute approximate surface area is 112 Å². The summed E-state index contributed by atoms with van der Waals surface area (Å²) < 4.78 is 0. The monoisotopic (exact) mass is 265 g/mol. The Hall–Kier alpha value is -1.35. The number of ketones is 1. The summed E-state index contributed by atoms with van der Waals surface area (Å²) in [5, 5.41) is 0.651. The minimum Gasteiger partial charge on any atom is -0.334 e. The maximum Gasteiger partial charge on any atom is 0.233 e. The average Bonchev–Trinajstić information content (AvgIpc) is 2.75. The Bertz CT molecular complexity index is 479. The molecule has 1 aliphatic heterocycles. The molecule has 0 atom stereocenters. The molecular weight excluding hydrogens is 250 g/mol. The van der Waals surface area contributed by atoms with Crippen molar-refractivity contribution in [3.8, 4) is 0 Å². The SMILES string of the molecule is CC(C)(C(=O)N1CCC(=O)C1)c1ccc(Cl)cc1. The van der Waals surface area contributed by atoms with Gasteiger partial charge in [-0.2, -0.15) is 0 Å². The molecule has 0 spiro atoms. The number of Topliss-reactive ketones (excluding diaryl/α,β-unsaturated/α-hetero) is 1. The molecule has 2 rings (SSSR count). The third kappa shape index (κ3) is 2.41. The Kier molecular flexibility index (Phi) is 3.44. The second-order valence-corrected chi connectivity index (χ2v) is 5.58. The summed E-state index contributed by atoms with van der Waals surface area (Å²) in [5.41, 5.74) is 0.283. The number of benzene rings is 1. The lowest BCUT2D eigenvalue weighted by atomic mass is 9.83. The predicted octanol–water partition coefficient (Wildman–Crippen LogP) is 2.42. The largest absolute Gasteiger partial charge is 0.334 e. The lowest BCUT2D eigenvalue weighted by Gasteiger charge is -2.29. The second-order valence-electron chi connectivity index (χ2n) is 5.15. The highest BCUT2D eigenvalue weighted by molar-refractivity contribution is 6.30. The highest BCUT2D eigenvalue weighted by Gasteiger charge is 2.36. The Morgan fingerprint density at radius 3 is 2.39 bits per heavy atom. The van der Waals surface area contributed by atoms with Gasteiger partial charge in [0.15, 0.2) is 5.78 Å². The van der Waals surface area contributed by atoms with Crippen molar-refractivity contribution in [1.82, 2.24) is 4.90 Å². The normalized spacial score (nSPS) is 16.2. The highest BCUT2D eigenvalue weighted by Crippen LogP contribution is 2.28. The van der Waals surface area contributed by atoms with Crippen molar-refractivity contribution in [2.45, 2.75) is 25.7 Å². The first-order valence-electron chi connectivity index (χ1n) is 5.98. The first-order chi connectivity index (χ1) is 8.41. The molecule has 1 fully saturated rings. The molecule has 1 amide bonds. The van der Waals surface area contributed by atoms with E-state index in [4.69, 9.17) is 11.6 Å². The van der Waals surface area contributed by atoms with E-state index < -0.39 is 5.41 Å². The highest BCUT2D eigenvalue weighted by atomic mass is 35.5. The van der Waals surface area contributed by atoms with Crippen LogP contribution >= 0.6 is 11.6 Å². The summed E-state index contributed by atoms with van der Waals surface area (Å²) in [6, 6.07) is 7.28. The van der Waals surface area contributed by atoms with Gasteiger partial charge in [-0.15, -0.1) is 0 Å². The van der Waals surface area contributed by atoms with Gasteiger partial charge in [0.25, 0.3) is 0 Å². The van der Waals surface area contributed by atoms with E-state index in [-0.39, 0.29) is 18.2 Å². The van der Waals surface area contributed by atoms with Gasteiger partial charge in [0.1, 0.15) is 0 Å². The van der Waals surface area contributed by atoms with Crippen LogP contribution in [0.25, 0.3) is 0 Å². The second kappa shape index (κ2) is 4.73. The van der Waals surface area contributed by atoms with Crippen molar-refractivity contribution >= 4 is 23.3 Å². The average molecular weight is 266 g/mol. The van der Waals surface area contributed by atoms with Crippen molar-refractivity contribution in [3.05, 3.63) is 34.9 Å². The third-order valence-corrected chi connectivity index (χ3v) is 3.67. The first kappa shape index (κ1) is 13.1. The van der Waals surface area contributed by atoms with Crippen LogP contribution in [0.15, 0.2) is 24.3 Å². The number of hydrogen-bond acceptors (Lipinski definition) is 2. The number of carbonyl (C=O) groups is 2. The summed E-state index contributed by atoms with van der Waals surface area (Å²) in [4.78, 5) is 25.3. The zero-order valence-electron chi connectivity index (χ0n) is 10.6. The Balaban J connectivity index is 2.22. The summed E-state index contributed by atoms with van der Waals surface area (Å²) in [6.45, 7) is 4.53. The zero-order valence-corrected chi connectivity index (χ0v) is 11.3.